The van der Waals surface area contributed by atoms with Crippen LogP contribution in [0.4, 0.5) is 13.2 Å². The Hall–Kier alpha value is -3.02. The first-order chi connectivity index (χ1) is 19.8. The van der Waals surface area contributed by atoms with Crippen molar-refractivity contribution in [1.29, 1.82) is 0 Å². The van der Waals surface area contributed by atoms with Crippen molar-refractivity contribution in [2.75, 3.05) is 13.1 Å². The van der Waals surface area contributed by atoms with E-state index in [-0.39, 0.29) is 58.1 Å². The van der Waals surface area contributed by atoms with E-state index in [9.17, 15) is 27.9 Å². The highest BCUT2D eigenvalue weighted by atomic mass is 32.1. The predicted molar refractivity (Wildman–Crippen MR) is 153 cm³/mol. The number of benzene rings is 1. The lowest BCUT2D eigenvalue weighted by Gasteiger charge is -2.54. The summed E-state index contributed by atoms with van der Waals surface area (Å²) in [4.78, 5) is 33.4. The number of likely N-dealkylation sites (tertiary alicyclic amines) is 1. The van der Waals surface area contributed by atoms with Gasteiger partial charge in [0.15, 0.2) is 15.8 Å². The Kier molecular flexibility index (Phi) is 8.39. The lowest BCUT2D eigenvalue weighted by atomic mass is 9.68. The first kappa shape index (κ1) is 30.4. The van der Waals surface area contributed by atoms with Crippen molar-refractivity contribution >= 4 is 22.9 Å². The Morgan fingerprint density at radius 2 is 1.79 bits per heavy atom. The van der Waals surface area contributed by atoms with Gasteiger partial charge in [-0.3, -0.25) is 19.5 Å². The van der Waals surface area contributed by atoms with E-state index in [1.54, 1.807) is 13.8 Å². The fourth-order valence-corrected chi connectivity index (χ4v) is 7.22. The average Bonchev–Trinajstić information content (AvgIpc) is 3.37. The normalized spacial score (nSPS) is 22.5. The number of nitrogens with zero attached hydrogens (tertiary/aromatic N) is 4. The van der Waals surface area contributed by atoms with Crippen molar-refractivity contribution in [1.82, 2.24) is 20.1 Å². The van der Waals surface area contributed by atoms with Crippen LogP contribution >= 0.6 is 11.3 Å². The van der Waals surface area contributed by atoms with E-state index in [1.165, 1.54) is 24.4 Å². The summed E-state index contributed by atoms with van der Waals surface area (Å²) in [5.41, 5.74) is -1.86. The minimum Gasteiger partial charge on any atom is -0.390 e. The Bertz CT molecular complexity index is 1480. The number of hydrogen-bond donors (Lipinski definition) is 1. The van der Waals surface area contributed by atoms with Crippen molar-refractivity contribution in [2.24, 2.45) is 5.41 Å². The number of aromatic nitrogens is 3. The highest BCUT2D eigenvalue weighted by Gasteiger charge is 2.49. The summed E-state index contributed by atoms with van der Waals surface area (Å²) in [7, 11) is 0. The fourth-order valence-electron chi connectivity index (χ4n) is 6.41. The van der Waals surface area contributed by atoms with E-state index in [0.717, 1.165) is 36.3 Å². The number of aliphatic hydroxyl groups is 1. The van der Waals surface area contributed by atoms with Gasteiger partial charge in [-0.1, -0.05) is 25.2 Å². The van der Waals surface area contributed by atoms with Crippen LogP contribution in [0.5, 0.6) is 0 Å². The lowest BCUT2D eigenvalue weighted by molar-refractivity contribution is -0.128. The van der Waals surface area contributed by atoms with E-state index in [4.69, 9.17) is 0 Å². The molecule has 0 bridgehead atoms. The van der Waals surface area contributed by atoms with Crippen molar-refractivity contribution in [2.45, 2.75) is 82.8 Å². The van der Waals surface area contributed by atoms with E-state index >= 15 is 0 Å². The van der Waals surface area contributed by atoms with Gasteiger partial charge in [0.25, 0.3) is 0 Å². The number of halogens is 3. The quantitative estimate of drug-likeness (QED) is 0.289. The molecule has 2 fully saturated rings. The van der Waals surface area contributed by atoms with Crippen LogP contribution in [0.15, 0.2) is 36.5 Å². The maximum absolute atomic E-state index is 14.5. The summed E-state index contributed by atoms with van der Waals surface area (Å²) in [5, 5.41) is 18.6. The zero-order valence-electron chi connectivity index (χ0n) is 24.0. The summed E-state index contributed by atoms with van der Waals surface area (Å²) in [6.45, 7) is 6.49. The molecule has 2 aliphatic rings. The minimum atomic E-state index is -0.834. The molecule has 3 aromatic rings. The van der Waals surface area contributed by atoms with Crippen LogP contribution < -0.4 is 0 Å². The minimum absolute atomic E-state index is 0.0542. The molecule has 1 aliphatic heterocycles. The number of rotatable bonds is 10. The van der Waals surface area contributed by atoms with Crippen LogP contribution in [0.3, 0.4) is 0 Å². The van der Waals surface area contributed by atoms with Gasteiger partial charge in [0, 0.05) is 67.1 Å². The van der Waals surface area contributed by atoms with Crippen LogP contribution in [-0.4, -0.2) is 61.5 Å². The first-order valence-electron chi connectivity index (χ1n) is 14.2. The molecule has 5 rings (SSSR count). The molecule has 11 heteroatoms. The molecule has 1 aliphatic carbocycles. The summed E-state index contributed by atoms with van der Waals surface area (Å²) in [5.74, 6) is -2.35. The fraction of sp³-hybridized carbons (Fsp3) is 0.516. The second-order valence-corrected chi connectivity index (χ2v) is 13.9. The molecule has 1 aromatic carbocycles. The predicted octanol–water partition coefficient (Wildman–Crippen LogP) is 5.91. The van der Waals surface area contributed by atoms with E-state index in [1.807, 2.05) is 6.92 Å². The van der Waals surface area contributed by atoms with Gasteiger partial charge in [-0.2, -0.15) is 0 Å². The van der Waals surface area contributed by atoms with Crippen molar-refractivity contribution < 1.29 is 27.9 Å². The van der Waals surface area contributed by atoms with Crippen molar-refractivity contribution in [3.63, 3.8) is 0 Å². The molecule has 224 valence electrons. The van der Waals surface area contributed by atoms with E-state index in [0.29, 0.717) is 25.9 Å². The topological polar surface area (TPSA) is 96.3 Å². The summed E-state index contributed by atoms with van der Waals surface area (Å²) < 4.78 is 42.2. The molecular formula is C31H35F3N4O3S. The van der Waals surface area contributed by atoms with Gasteiger partial charge in [-0.05, 0) is 56.9 Å². The van der Waals surface area contributed by atoms with Crippen LogP contribution in [0, 0.1) is 22.9 Å². The molecule has 0 spiro atoms. The number of ketones is 2. The molecule has 0 radical (unpaired) electrons. The maximum Gasteiger partial charge on any atom is 0.194 e. The van der Waals surface area contributed by atoms with Gasteiger partial charge in [-0.25, -0.2) is 13.2 Å². The molecule has 7 nitrogen and oxygen atoms in total. The molecule has 0 amide bonds. The smallest absolute Gasteiger partial charge is 0.194 e. The van der Waals surface area contributed by atoms with Crippen molar-refractivity contribution in [3.8, 4) is 10.6 Å². The number of carbonyl (C=O) groups is 2. The van der Waals surface area contributed by atoms with Gasteiger partial charge in [0.1, 0.15) is 23.2 Å². The average molecular weight is 601 g/mol. The van der Waals surface area contributed by atoms with Crippen molar-refractivity contribution in [3.05, 3.63) is 64.7 Å². The summed E-state index contributed by atoms with van der Waals surface area (Å²) in [6.07, 6.45) is 4.81. The van der Waals surface area contributed by atoms with Gasteiger partial charge < -0.3 is 5.11 Å². The molecule has 2 aromatic heterocycles. The van der Waals surface area contributed by atoms with Gasteiger partial charge in [0.2, 0.25) is 0 Å². The monoisotopic (exact) mass is 600 g/mol. The third-order valence-electron chi connectivity index (χ3n) is 8.60. The Balaban J connectivity index is 1.32. The first-order valence-corrected chi connectivity index (χ1v) is 15.0. The molecule has 1 N–H and O–H groups in total. The lowest BCUT2D eigenvalue weighted by Crippen LogP contribution is -2.62. The van der Waals surface area contributed by atoms with Crippen LogP contribution in [0.25, 0.3) is 10.6 Å². The Morgan fingerprint density at radius 1 is 1.07 bits per heavy atom. The largest absolute Gasteiger partial charge is 0.390 e. The summed E-state index contributed by atoms with van der Waals surface area (Å²) in [6, 6.07) is 6.23. The second kappa shape index (κ2) is 11.6. The van der Waals surface area contributed by atoms with Gasteiger partial charge in [-0.15, -0.1) is 10.2 Å². The van der Waals surface area contributed by atoms with E-state index in [2.05, 4.69) is 20.1 Å². The molecule has 1 saturated carbocycles. The number of hydrogen-bond acceptors (Lipinski definition) is 8. The van der Waals surface area contributed by atoms with E-state index < -0.39 is 33.9 Å². The second-order valence-electron chi connectivity index (χ2n) is 12.9. The number of carbonyl (C=O) groups excluding carboxylic acids is 2. The molecule has 1 saturated heterocycles. The third-order valence-corrected chi connectivity index (χ3v) is 9.59. The molecule has 0 unspecified atom stereocenters. The number of Topliss-reactive ketones (excluding diaryl/α,β-unsaturated/α-hetero) is 2. The highest BCUT2D eigenvalue weighted by Crippen LogP contribution is 2.44. The zero-order chi connectivity index (χ0) is 30.3. The Labute approximate surface area is 247 Å². The van der Waals surface area contributed by atoms with Crippen LogP contribution in [-0.2, 0) is 10.2 Å². The van der Waals surface area contributed by atoms with Crippen LogP contribution in [0.2, 0.25) is 0 Å². The zero-order valence-corrected chi connectivity index (χ0v) is 24.8. The summed E-state index contributed by atoms with van der Waals surface area (Å²) >= 11 is 0.935. The van der Waals surface area contributed by atoms with Gasteiger partial charge in [0.05, 0.1) is 11.3 Å². The van der Waals surface area contributed by atoms with Crippen LogP contribution in [0.1, 0.15) is 81.2 Å². The number of pyridine rings is 1. The standard InChI is InChI=1S/C31H35F3N4O3S/c1-29(2,26-23(33)5-4-12-35-26)14-21(39)15-31(17-38(18-31)20-8-10-30(3,41)11-9-20)16-25(40)28-37-36-27(42-28)22-7-6-19(32)13-24(22)34/h4-7,12-13,20,41H,8-11,14-18H2,1-3H3. The highest BCUT2D eigenvalue weighted by molar-refractivity contribution is 7.16. The molecular weight excluding hydrogens is 565 g/mol. The maximum atomic E-state index is 14.5. The molecule has 3 heterocycles. The Morgan fingerprint density at radius 3 is 2.45 bits per heavy atom. The SMILES string of the molecule is CC1(O)CCC(N2CC(CC(=O)CC(C)(C)c3ncccc3F)(CC(=O)c3nnc(-c4ccc(F)cc4F)s3)C2)CC1. The third kappa shape index (κ3) is 6.63. The molecule has 0 atom stereocenters. The van der Waals surface area contributed by atoms with Gasteiger partial charge >= 0.3 is 0 Å². The molecule has 42 heavy (non-hydrogen) atoms.